The molecular formula is C24H24N4O3. The molecule has 1 saturated heterocycles. The Kier molecular flexibility index (Phi) is 5.16. The van der Waals surface area contributed by atoms with Gasteiger partial charge < -0.3 is 19.4 Å². The lowest BCUT2D eigenvalue weighted by Gasteiger charge is -2.32. The summed E-state index contributed by atoms with van der Waals surface area (Å²) in [6, 6.07) is 15.6. The molecule has 0 radical (unpaired) electrons. The number of carbonyl (C=O) groups is 1. The number of nitrogens with one attached hydrogen (secondary N) is 1. The zero-order valence-electron chi connectivity index (χ0n) is 17.4. The lowest BCUT2D eigenvalue weighted by atomic mass is 9.97. The van der Waals surface area contributed by atoms with E-state index in [1.165, 1.54) is 0 Å². The van der Waals surface area contributed by atoms with Crippen molar-refractivity contribution in [3.05, 3.63) is 60.4 Å². The number of rotatable bonds is 5. The largest absolute Gasteiger partial charge is 0.497 e. The van der Waals surface area contributed by atoms with Gasteiger partial charge in [-0.25, -0.2) is 9.97 Å². The minimum Gasteiger partial charge on any atom is -0.497 e. The number of hydrogen-bond acceptors (Lipinski definition) is 6. The Hall–Kier alpha value is -3.61. The third-order valence-electron chi connectivity index (χ3n) is 5.83. The van der Waals surface area contributed by atoms with Crippen molar-refractivity contribution in [2.75, 3.05) is 25.1 Å². The van der Waals surface area contributed by atoms with Gasteiger partial charge in [0.05, 0.1) is 13.0 Å². The fraction of sp³-hybridized carbons (Fsp3) is 0.292. The first kappa shape index (κ1) is 19.4. The normalized spacial score (nSPS) is 16.5. The zero-order valence-corrected chi connectivity index (χ0v) is 17.4. The summed E-state index contributed by atoms with van der Waals surface area (Å²) in [5.41, 5.74) is 3.30. The van der Waals surface area contributed by atoms with E-state index >= 15 is 0 Å². The van der Waals surface area contributed by atoms with Crippen molar-refractivity contribution in [3.63, 3.8) is 0 Å². The monoisotopic (exact) mass is 416 g/mol. The average Bonchev–Trinajstić information content (AvgIpc) is 3.21. The van der Waals surface area contributed by atoms with Crippen molar-refractivity contribution in [2.45, 2.75) is 19.4 Å². The fourth-order valence-corrected chi connectivity index (χ4v) is 4.24. The van der Waals surface area contributed by atoms with E-state index < -0.39 is 0 Å². The molecule has 1 amide bonds. The molecule has 0 spiro atoms. The van der Waals surface area contributed by atoms with E-state index in [0.29, 0.717) is 18.7 Å². The van der Waals surface area contributed by atoms with Gasteiger partial charge in [-0.1, -0.05) is 24.3 Å². The molecule has 1 atom stereocenters. The first-order chi connectivity index (χ1) is 15.2. The molecule has 4 aromatic rings. The third-order valence-corrected chi connectivity index (χ3v) is 5.83. The van der Waals surface area contributed by atoms with Crippen LogP contribution < -0.4 is 15.0 Å². The Morgan fingerprint density at radius 3 is 3.03 bits per heavy atom. The van der Waals surface area contributed by atoms with Gasteiger partial charge >= 0.3 is 0 Å². The van der Waals surface area contributed by atoms with Gasteiger partial charge in [0, 0.05) is 25.0 Å². The molecule has 1 aliphatic heterocycles. The molecule has 1 N–H and O–H groups in total. The van der Waals surface area contributed by atoms with E-state index in [1.54, 1.807) is 13.4 Å². The second-order valence-electron chi connectivity index (χ2n) is 7.83. The van der Waals surface area contributed by atoms with Gasteiger partial charge in [0.15, 0.2) is 11.4 Å². The second kappa shape index (κ2) is 8.26. The van der Waals surface area contributed by atoms with Crippen LogP contribution in [0.1, 0.15) is 18.4 Å². The number of ether oxygens (including phenoxy) is 1. The number of hydrogen-bond donors (Lipinski definition) is 1. The van der Waals surface area contributed by atoms with Gasteiger partial charge in [-0.2, -0.15) is 0 Å². The summed E-state index contributed by atoms with van der Waals surface area (Å²) in [5, 5.41) is 4.05. The number of para-hydroxylation sites is 1. The summed E-state index contributed by atoms with van der Waals surface area (Å²) < 4.78 is 11.3. The van der Waals surface area contributed by atoms with E-state index in [2.05, 4.69) is 20.2 Å². The Morgan fingerprint density at radius 1 is 1.23 bits per heavy atom. The number of furan rings is 1. The van der Waals surface area contributed by atoms with Gasteiger partial charge in [-0.15, -0.1) is 0 Å². The van der Waals surface area contributed by atoms with Crippen LogP contribution in [0.4, 0.5) is 5.82 Å². The first-order valence-electron chi connectivity index (χ1n) is 10.5. The van der Waals surface area contributed by atoms with Crippen LogP contribution in [-0.2, 0) is 11.3 Å². The smallest absolute Gasteiger partial charge is 0.225 e. The van der Waals surface area contributed by atoms with Crippen LogP contribution in [0.5, 0.6) is 5.75 Å². The third kappa shape index (κ3) is 3.79. The molecule has 0 saturated carbocycles. The maximum absolute atomic E-state index is 12.9. The Morgan fingerprint density at radius 2 is 2.13 bits per heavy atom. The van der Waals surface area contributed by atoms with Crippen LogP contribution in [0.15, 0.2) is 59.3 Å². The number of carbonyl (C=O) groups excluding carboxylic acids is 1. The molecule has 7 nitrogen and oxygen atoms in total. The maximum atomic E-state index is 12.9. The molecule has 1 unspecified atom stereocenters. The zero-order chi connectivity index (χ0) is 21.2. The van der Waals surface area contributed by atoms with Crippen molar-refractivity contribution in [2.24, 2.45) is 5.92 Å². The number of anilines is 1. The Balaban J connectivity index is 1.32. The van der Waals surface area contributed by atoms with Gasteiger partial charge in [0.25, 0.3) is 0 Å². The van der Waals surface area contributed by atoms with Crippen molar-refractivity contribution in [1.29, 1.82) is 0 Å². The lowest BCUT2D eigenvalue weighted by molar-refractivity contribution is -0.125. The van der Waals surface area contributed by atoms with Crippen LogP contribution in [0.3, 0.4) is 0 Å². The average molecular weight is 416 g/mol. The van der Waals surface area contributed by atoms with Crippen molar-refractivity contribution < 1.29 is 13.9 Å². The summed E-state index contributed by atoms with van der Waals surface area (Å²) in [4.78, 5) is 24.0. The number of fused-ring (bicyclic) bond motifs is 3. The fourth-order valence-electron chi connectivity index (χ4n) is 4.24. The molecule has 1 fully saturated rings. The molecule has 7 heteroatoms. The van der Waals surface area contributed by atoms with Crippen molar-refractivity contribution >= 4 is 33.8 Å². The maximum Gasteiger partial charge on any atom is 0.225 e. The summed E-state index contributed by atoms with van der Waals surface area (Å²) in [5.74, 6) is 1.50. The van der Waals surface area contributed by atoms with E-state index in [4.69, 9.17) is 9.15 Å². The SMILES string of the molecule is COc1cccc(CNC(=O)C2CCCN(c3ncnc4c3oc3ccccc34)C2)c1. The molecule has 31 heavy (non-hydrogen) atoms. The minimum absolute atomic E-state index is 0.0578. The first-order valence-corrected chi connectivity index (χ1v) is 10.5. The van der Waals surface area contributed by atoms with Crippen LogP contribution >= 0.6 is 0 Å². The van der Waals surface area contributed by atoms with Gasteiger partial charge in [-0.3, -0.25) is 4.79 Å². The van der Waals surface area contributed by atoms with E-state index in [-0.39, 0.29) is 11.8 Å². The lowest BCUT2D eigenvalue weighted by Crippen LogP contribution is -2.43. The van der Waals surface area contributed by atoms with Gasteiger partial charge in [-0.05, 0) is 42.7 Å². The highest BCUT2D eigenvalue weighted by Gasteiger charge is 2.28. The van der Waals surface area contributed by atoms with Gasteiger partial charge in [0.2, 0.25) is 5.91 Å². The number of piperidine rings is 1. The molecular weight excluding hydrogens is 392 g/mol. The van der Waals surface area contributed by atoms with Crippen molar-refractivity contribution in [3.8, 4) is 5.75 Å². The topological polar surface area (TPSA) is 80.5 Å². The number of amides is 1. The highest BCUT2D eigenvalue weighted by Crippen LogP contribution is 2.33. The molecule has 3 heterocycles. The predicted octanol–water partition coefficient (Wildman–Crippen LogP) is 3.92. The molecule has 2 aromatic heterocycles. The van der Waals surface area contributed by atoms with Crippen LogP contribution in [-0.4, -0.2) is 36.1 Å². The summed E-state index contributed by atoms with van der Waals surface area (Å²) in [7, 11) is 1.64. The summed E-state index contributed by atoms with van der Waals surface area (Å²) >= 11 is 0. The van der Waals surface area contributed by atoms with E-state index in [9.17, 15) is 4.79 Å². The molecule has 0 aliphatic carbocycles. The highest BCUT2D eigenvalue weighted by atomic mass is 16.5. The van der Waals surface area contributed by atoms with E-state index in [1.807, 2.05) is 48.5 Å². The Labute approximate surface area is 180 Å². The minimum atomic E-state index is -0.103. The number of aromatic nitrogens is 2. The second-order valence-corrected chi connectivity index (χ2v) is 7.83. The molecule has 2 aromatic carbocycles. The van der Waals surface area contributed by atoms with Gasteiger partial charge in [0.1, 0.15) is 23.2 Å². The molecule has 158 valence electrons. The van der Waals surface area contributed by atoms with Crippen LogP contribution in [0.2, 0.25) is 0 Å². The van der Waals surface area contributed by atoms with Crippen molar-refractivity contribution in [1.82, 2.24) is 15.3 Å². The molecule has 1 aliphatic rings. The number of methoxy groups -OCH3 is 1. The highest BCUT2D eigenvalue weighted by molar-refractivity contribution is 6.05. The predicted molar refractivity (Wildman–Crippen MR) is 119 cm³/mol. The quantitative estimate of drug-likeness (QED) is 0.531. The van der Waals surface area contributed by atoms with Crippen LogP contribution in [0.25, 0.3) is 22.1 Å². The summed E-state index contributed by atoms with van der Waals surface area (Å²) in [6.07, 6.45) is 3.35. The molecule has 0 bridgehead atoms. The Bertz CT molecular complexity index is 1240. The van der Waals surface area contributed by atoms with Crippen LogP contribution in [0, 0.1) is 5.92 Å². The standard InChI is InChI=1S/C24H24N4O3/c1-30-18-8-4-6-16(12-18)13-25-24(29)17-7-5-11-28(14-17)23-22-21(26-15-27-23)19-9-2-3-10-20(19)31-22/h2-4,6,8-10,12,15,17H,5,7,11,13-14H2,1H3,(H,25,29). The summed E-state index contributed by atoms with van der Waals surface area (Å²) in [6.45, 7) is 1.92. The number of benzene rings is 2. The molecule has 5 rings (SSSR count). The number of nitrogens with zero attached hydrogens (tertiary/aromatic N) is 3. The van der Waals surface area contributed by atoms with E-state index in [0.717, 1.165) is 53.0 Å².